The zero-order chi connectivity index (χ0) is 18.7. The van der Waals surface area contributed by atoms with E-state index in [1.165, 1.54) is 0 Å². The maximum Gasteiger partial charge on any atom is 0.350 e. The fraction of sp³-hybridized carbons (Fsp3) is 0.0556. The minimum Gasteiger partial charge on any atom is -0.451 e. The third-order valence-corrected chi connectivity index (χ3v) is 5.27. The quantitative estimate of drug-likeness (QED) is 0.653. The second-order valence-electron chi connectivity index (χ2n) is 5.21. The SMILES string of the molecule is O=C(COC(=O)c1sc2cc(Cl)ccc2c1Cl)NC(=O)c1ccccc1. The Morgan fingerprint density at radius 3 is 2.50 bits per heavy atom. The van der Waals surface area contributed by atoms with Gasteiger partial charge >= 0.3 is 5.97 Å². The van der Waals surface area contributed by atoms with Gasteiger partial charge in [0.05, 0.1) is 5.02 Å². The van der Waals surface area contributed by atoms with Crippen molar-refractivity contribution in [3.63, 3.8) is 0 Å². The summed E-state index contributed by atoms with van der Waals surface area (Å²) in [6, 6.07) is 13.3. The number of rotatable bonds is 4. The third kappa shape index (κ3) is 4.04. The molecule has 2 aromatic carbocycles. The molecule has 0 radical (unpaired) electrons. The van der Waals surface area contributed by atoms with E-state index in [4.69, 9.17) is 27.9 Å². The van der Waals surface area contributed by atoms with Crippen LogP contribution in [0.4, 0.5) is 0 Å². The van der Waals surface area contributed by atoms with E-state index in [0.717, 1.165) is 16.0 Å². The molecule has 0 aliphatic rings. The maximum atomic E-state index is 12.2. The molecule has 26 heavy (non-hydrogen) atoms. The van der Waals surface area contributed by atoms with Gasteiger partial charge in [-0.15, -0.1) is 11.3 Å². The lowest BCUT2D eigenvalue weighted by atomic mass is 10.2. The Morgan fingerprint density at radius 1 is 1.04 bits per heavy atom. The lowest BCUT2D eigenvalue weighted by Crippen LogP contribution is -2.34. The predicted molar refractivity (Wildman–Crippen MR) is 101 cm³/mol. The van der Waals surface area contributed by atoms with Gasteiger partial charge in [-0.1, -0.05) is 47.5 Å². The molecule has 3 aromatic rings. The van der Waals surface area contributed by atoms with Crippen LogP contribution < -0.4 is 5.32 Å². The van der Waals surface area contributed by atoms with Crippen molar-refractivity contribution in [2.75, 3.05) is 6.61 Å². The molecule has 0 bridgehead atoms. The van der Waals surface area contributed by atoms with Crippen molar-refractivity contribution in [1.82, 2.24) is 5.32 Å². The number of halogens is 2. The van der Waals surface area contributed by atoms with E-state index < -0.39 is 24.4 Å². The zero-order valence-corrected chi connectivity index (χ0v) is 15.5. The van der Waals surface area contributed by atoms with Gasteiger partial charge in [0.15, 0.2) is 6.61 Å². The van der Waals surface area contributed by atoms with Gasteiger partial charge < -0.3 is 4.74 Å². The van der Waals surface area contributed by atoms with Crippen molar-refractivity contribution in [2.24, 2.45) is 0 Å². The smallest absolute Gasteiger partial charge is 0.350 e. The highest BCUT2D eigenvalue weighted by molar-refractivity contribution is 7.21. The summed E-state index contributed by atoms with van der Waals surface area (Å²) in [6.45, 7) is -0.595. The normalized spacial score (nSPS) is 10.5. The molecule has 0 unspecified atom stereocenters. The number of carbonyl (C=O) groups is 3. The molecule has 5 nitrogen and oxygen atoms in total. The molecule has 132 valence electrons. The Labute approximate surface area is 162 Å². The molecular formula is C18H11Cl2NO4S. The first-order valence-corrected chi connectivity index (χ1v) is 8.97. The van der Waals surface area contributed by atoms with Gasteiger partial charge in [-0.05, 0) is 24.3 Å². The monoisotopic (exact) mass is 407 g/mol. The molecule has 1 heterocycles. The summed E-state index contributed by atoms with van der Waals surface area (Å²) in [4.78, 5) is 36.0. The van der Waals surface area contributed by atoms with Crippen LogP contribution in [0.15, 0.2) is 48.5 Å². The molecule has 0 aliphatic carbocycles. The van der Waals surface area contributed by atoms with Crippen LogP contribution in [-0.2, 0) is 9.53 Å². The van der Waals surface area contributed by atoms with Crippen LogP contribution in [0.25, 0.3) is 10.1 Å². The number of fused-ring (bicyclic) bond motifs is 1. The minimum atomic E-state index is -0.741. The highest BCUT2D eigenvalue weighted by Crippen LogP contribution is 2.37. The Bertz CT molecular complexity index is 1000. The Hall–Kier alpha value is -2.41. The molecule has 2 amide bonds. The summed E-state index contributed by atoms with van der Waals surface area (Å²) in [7, 11) is 0. The van der Waals surface area contributed by atoms with Crippen LogP contribution >= 0.6 is 34.5 Å². The van der Waals surface area contributed by atoms with Gasteiger partial charge in [0.2, 0.25) is 0 Å². The van der Waals surface area contributed by atoms with Crippen LogP contribution in [0.1, 0.15) is 20.0 Å². The first-order valence-electron chi connectivity index (χ1n) is 7.39. The van der Waals surface area contributed by atoms with Gasteiger partial charge in [0.1, 0.15) is 4.88 Å². The van der Waals surface area contributed by atoms with Crippen molar-refractivity contribution < 1.29 is 19.1 Å². The van der Waals surface area contributed by atoms with Gasteiger partial charge in [0, 0.05) is 20.7 Å². The second kappa shape index (κ2) is 7.86. The van der Waals surface area contributed by atoms with E-state index in [2.05, 4.69) is 5.32 Å². The Morgan fingerprint density at radius 2 is 1.77 bits per heavy atom. The van der Waals surface area contributed by atoms with Crippen LogP contribution in [-0.4, -0.2) is 24.4 Å². The van der Waals surface area contributed by atoms with Crippen LogP contribution in [0.2, 0.25) is 10.0 Å². The van der Waals surface area contributed by atoms with E-state index in [9.17, 15) is 14.4 Å². The number of ether oxygens (including phenoxy) is 1. The van der Waals surface area contributed by atoms with Crippen LogP contribution in [0.3, 0.4) is 0 Å². The van der Waals surface area contributed by atoms with E-state index in [1.807, 2.05) is 0 Å². The van der Waals surface area contributed by atoms with Crippen LogP contribution in [0, 0.1) is 0 Å². The number of hydrogen-bond donors (Lipinski definition) is 1. The van der Waals surface area contributed by atoms with Crippen molar-refractivity contribution in [2.45, 2.75) is 0 Å². The number of esters is 1. The fourth-order valence-corrected chi connectivity index (χ4v) is 3.87. The summed E-state index contributed by atoms with van der Waals surface area (Å²) in [5.74, 6) is -2.04. The average Bonchev–Trinajstić information content (AvgIpc) is 2.96. The average molecular weight is 408 g/mol. The zero-order valence-electron chi connectivity index (χ0n) is 13.1. The first-order chi connectivity index (χ1) is 12.5. The topological polar surface area (TPSA) is 72.5 Å². The number of amides is 2. The van der Waals surface area contributed by atoms with Crippen LogP contribution in [0.5, 0.6) is 0 Å². The highest BCUT2D eigenvalue weighted by atomic mass is 35.5. The van der Waals surface area contributed by atoms with Gasteiger partial charge in [-0.3, -0.25) is 14.9 Å². The first kappa shape index (κ1) is 18.4. The van der Waals surface area contributed by atoms with Crippen molar-refractivity contribution >= 4 is 62.4 Å². The van der Waals surface area contributed by atoms with E-state index in [1.54, 1.807) is 48.5 Å². The van der Waals surface area contributed by atoms with Crippen molar-refractivity contribution in [1.29, 1.82) is 0 Å². The van der Waals surface area contributed by atoms with Crippen molar-refractivity contribution in [3.8, 4) is 0 Å². The third-order valence-electron chi connectivity index (χ3n) is 3.40. The molecule has 0 spiro atoms. The standard InChI is InChI=1S/C18H11Cl2NO4S/c19-11-6-7-12-13(8-11)26-16(15(12)20)18(24)25-9-14(22)21-17(23)10-4-2-1-3-5-10/h1-8H,9H2,(H,21,22,23). The number of benzene rings is 2. The van der Waals surface area contributed by atoms with Gasteiger partial charge in [-0.25, -0.2) is 4.79 Å². The molecule has 1 N–H and O–H groups in total. The lowest BCUT2D eigenvalue weighted by molar-refractivity contribution is -0.123. The fourth-order valence-electron chi connectivity index (χ4n) is 2.19. The number of carbonyl (C=O) groups excluding carboxylic acids is 3. The minimum absolute atomic E-state index is 0.172. The highest BCUT2D eigenvalue weighted by Gasteiger charge is 2.20. The summed E-state index contributed by atoms with van der Waals surface area (Å²) in [5.41, 5.74) is 0.330. The molecule has 1 aromatic heterocycles. The van der Waals surface area contributed by atoms with E-state index in [-0.39, 0.29) is 9.90 Å². The molecule has 3 rings (SSSR count). The molecule has 0 aliphatic heterocycles. The molecule has 0 fully saturated rings. The van der Waals surface area contributed by atoms with E-state index >= 15 is 0 Å². The van der Waals surface area contributed by atoms with Gasteiger partial charge in [-0.2, -0.15) is 0 Å². The predicted octanol–water partition coefficient (Wildman–Crippen LogP) is 4.32. The number of nitrogens with one attached hydrogen (secondary N) is 1. The molecule has 8 heteroatoms. The molecule has 0 atom stereocenters. The second-order valence-corrected chi connectivity index (χ2v) is 7.07. The van der Waals surface area contributed by atoms with Gasteiger partial charge in [0.25, 0.3) is 11.8 Å². The number of thiophene rings is 1. The van der Waals surface area contributed by atoms with Crippen molar-refractivity contribution in [3.05, 3.63) is 69.0 Å². The summed E-state index contributed by atoms with van der Waals surface area (Å²) >= 11 is 13.2. The maximum absolute atomic E-state index is 12.2. The summed E-state index contributed by atoms with van der Waals surface area (Å²) in [5, 5.41) is 3.59. The molecule has 0 saturated carbocycles. The number of imide groups is 1. The molecular weight excluding hydrogens is 397 g/mol. The van der Waals surface area contributed by atoms with E-state index in [0.29, 0.717) is 16.0 Å². The summed E-state index contributed by atoms with van der Waals surface area (Å²) < 4.78 is 5.69. The Kier molecular flexibility index (Phi) is 5.56. The largest absolute Gasteiger partial charge is 0.451 e. The Balaban J connectivity index is 1.63. The lowest BCUT2D eigenvalue weighted by Gasteiger charge is -2.05. The summed E-state index contributed by atoms with van der Waals surface area (Å²) in [6.07, 6.45) is 0. The number of hydrogen-bond acceptors (Lipinski definition) is 5. The molecule has 0 saturated heterocycles.